The largest absolute Gasteiger partial charge is 0.387 e. The minimum absolute atomic E-state index is 0.117. The zero-order chi connectivity index (χ0) is 13.7. The molecule has 0 saturated carbocycles. The van der Waals surface area contributed by atoms with Crippen LogP contribution in [0.4, 0.5) is 5.69 Å². The molecule has 0 aliphatic rings. The van der Waals surface area contributed by atoms with E-state index < -0.39 is 0 Å². The Kier molecular flexibility index (Phi) is 4.67. The van der Waals surface area contributed by atoms with E-state index in [-0.39, 0.29) is 11.9 Å². The van der Waals surface area contributed by atoms with Gasteiger partial charge in [0.05, 0.1) is 23.7 Å². The maximum atomic E-state index is 12.3. The molecule has 1 atom stereocenters. The summed E-state index contributed by atoms with van der Waals surface area (Å²) in [5.74, 6) is -0.130. The third-order valence-corrected chi connectivity index (χ3v) is 2.91. The van der Waals surface area contributed by atoms with E-state index >= 15 is 0 Å². The number of nitriles is 1. The van der Waals surface area contributed by atoms with Gasteiger partial charge in [-0.25, -0.2) is 0 Å². The van der Waals surface area contributed by atoms with Gasteiger partial charge in [0.2, 0.25) is 0 Å². The van der Waals surface area contributed by atoms with E-state index in [1.165, 1.54) is 0 Å². The van der Waals surface area contributed by atoms with Crippen molar-refractivity contribution in [2.75, 3.05) is 19.4 Å². The molecule has 0 bridgehead atoms. The van der Waals surface area contributed by atoms with Crippen LogP contribution >= 0.6 is 0 Å². The topological polar surface area (TPSA) is 69.0 Å². The number of amides is 1. The monoisotopic (exact) mass is 246 g/mol. The van der Waals surface area contributed by atoms with E-state index in [0.29, 0.717) is 12.0 Å². The zero-order valence-electron chi connectivity index (χ0n) is 11.2. The molecule has 18 heavy (non-hydrogen) atoms. The molecule has 0 spiro atoms. The van der Waals surface area contributed by atoms with Gasteiger partial charge < -0.3 is 10.2 Å². The number of hydrogen-bond donors (Lipinski definition) is 1. The van der Waals surface area contributed by atoms with Crippen LogP contribution in [-0.4, -0.2) is 35.9 Å². The first kappa shape index (κ1) is 14.0. The summed E-state index contributed by atoms with van der Waals surface area (Å²) in [6, 6.07) is 3.78. The van der Waals surface area contributed by atoms with E-state index in [0.717, 1.165) is 11.4 Å². The van der Waals surface area contributed by atoms with Crippen LogP contribution in [0.5, 0.6) is 0 Å². The fourth-order valence-corrected chi connectivity index (χ4v) is 1.60. The lowest BCUT2D eigenvalue weighted by Gasteiger charge is -2.24. The average Bonchev–Trinajstić information content (AvgIpc) is 2.37. The number of pyridine rings is 1. The normalized spacial score (nSPS) is 11.5. The van der Waals surface area contributed by atoms with E-state index in [2.05, 4.69) is 16.4 Å². The van der Waals surface area contributed by atoms with Gasteiger partial charge in [-0.3, -0.25) is 9.78 Å². The fourth-order valence-electron chi connectivity index (χ4n) is 1.60. The van der Waals surface area contributed by atoms with Gasteiger partial charge in [-0.05, 0) is 19.9 Å². The second-order valence-electron chi connectivity index (χ2n) is 4.25. The van der Waals surface area contributed by atoms with Gasteiger partial charge in [-0.15, -0.1) is 0 Å². The lowest BCUT2D eigenvalue weighted by molar-refractivity contribution is 0.0747. The summed E-state index contributed by atoms with van der Waals surface area (Å²) in [6.07, 6.45) is 1.88. The van der Waals surface area contributed by atoms with Crippen LogP contribution in [0, 0.1) is 18.3 Å². The molecule has 5 nitrogen and oxygen atoms in total. The maximum Gasteiger partial charge on any atom is 0.257 e. The number of aryl methyl sites for hydroxylation is 1. The van der Waals surface area contributed by atoms with Gasteiger partial charge in [0, 0.05) is 32.0 Å². The molecule has 0 aliphatic carbocycles. The average molecular weight is 246 g/mol. The summed E-state index contributed by atoms with van der Waals surface area (Å²) in [5, 5.41) is 11.7. The Morgan fingerprint density at radius 3 is 2.89 bits per heavy atom. The third kappa shape index (κ3) is 2.98. The van der Waals surface area contributed by atoms with E-state index in [4.69, 9.17) is 5.26 Å². The quantitative estimate of drug-likeness (QED) is 0.879. The second-order valence-corrected chi connectivity index (χ2v) is 4.25. The van der Waals surface area contributed by atoms with Crippen molar-refractivity contribution < 1.29 is 4.79 Å². The Morgan fingerprint density at radius 2 is 2.33 bits per heavy atom. The van der Waals surface area contributed by atoms with Crippen LogP contribution in [0.25, 0.3) is 0 Å². The number of carbonyl (C=O) groups excluding carboxylic acids is 1. The van der Waals surface area contributed by atoms with Crippen molar-refractivity contribution in [2.45, 2.75) is 26.3 Å². The van der Waals surface area contributed by atoms with Gasteiger partial charge in [-0.1, -0.05) is 0 Å². The van der Waals surface area contributed by atoms with Gasteiger partial charge in [0.25, 0.3) is 5.91 Å². The molecule has 1 heterocycles. The Morgan fingerprint density at radius 1 is 1.67 bits per heavy atom. The van der Waals surface area contributed by atoms with Gasteiger partial charge in [-0.2, -0.15) is 5.26 Å². The van der Waals surface area contributed by atoms with Crippen molar-refractivity contribution in [3.05, 3.63) is 23.5 Å². The molecule has 5 heteroatoms. The standard InChI is InChI=1S/C13H18N4O/c1-9-7-12(15-3)11(8-16-9)13(18)17(4)10(2)5-6-14/h7-8,10H,5H2,1-4H3,(H,15,16). The molecule has 1 amide bonds. The van der Waals surface area contributed by atoms with Crippen LogP contribution in [-0.2, 0) is 0 Å². The Bertz CT molecular complexity index is 478. The Hall–Kier alpha value is -2.09. The molecule has 1 N–H and O–H groups in total. The smallest absolute Gasteiger partial charge is 0.257 e. The number of hydrogen-bond acceptors (Lipinski definition) is 4. The number of nitrogens with zero attached hydrogens (tertiary/aromatic N) is 3. The van der Waals surface area contributed by atoms with Gasteiger partial charge in [0.15, 0.2) is 0 Å². The van der Waals surface area contributed by atoms with Crippen molar-refractivity contribution in [1.82, 2.24) is 9.88 Å². The molecule has 1 aromatic rings. The molecule has 0 aromatic carbocycles. The second kappa shape index (κ2) is 6.01. The molecular weight excluding hydrogens is 228 g/mol. The van der Waals surface area contributed by atoms with E-state index in [1.807, 2.05) is 19.9 Å². The highest BCUT2D eigenvalue weighted by Gasteiger charge is 2.20. The number of nitrogens with one attached hydrogen (secondary N) is 1. The predicted octanol–water partition coefficient (Wildman–Crippen LogP) is 1.81. The third-order valence-electron chi connectivity index (χ3n) is 2.91. The van der Waals surface area contributed by atoms with Crippen LogP contribution in [0.15, 0.2) is 12.3 Å². The molecule has 0 fully saturated rings. The summed E-state index contributed by atoms with van der Waals surface area (Å²) in [4.78, 5) is 18.0. The first-order valence-corrected chi connectivity index (χ1v) is 5.79. The molecule has 0 saturated heterocycles. The van der Waals surface area contributed by atoms with Crippen LogP contribution in [0.2, 0.25) is 0 Å². The molecule has 1 unspecified atom stereocenters. The SMILES string of the molecule is CNc1cc(C)ncc1C(=O)N(C)C(C)CC#N. The summed E-state index contributed by atoms with van der Waals surface area (Å²) >= 11 is 0. The summed E-state index contributed by atoms with van der Waals surface area (Å²) in [7, 11) is 3.47. The maximum absolute atomic E-state index is 12.3. The minimum atomic E-state index is -0.130. The van der Waals surface area contributed by atoms with Gasteiger partial charge in [0.1, 0.15) is 0 Å². The summed E-state index contributed by atoms with van der Waals surface area (Å²) < 4.78 is 0. The highest BCUT2D eigenvalue weighted by molar-refractivity contribution is 5.99. The van der Waals surface area contributed by atoms with Crippen molar-refractivity contribution in [2.24, 2.45) is 0 Å². The van der Waals surface area contributed by atoms with Crippen molar-refractivity contribution in [3.63, 3.8) is 0 Å². The Labute approximate surface area is 107 Å². The van der Waals surface area contributed by atoms with Crippen molar-refractivity contribution in [1.29, 1.82) is 5.26 Å². The molecule has 1 aromatic heterocycles. The zero-order valence-corrected chi connectivity index (χ0v) is 11.2. The molecule has 96 valence electrons. The first-order valence-electron chi connectivity index (χ1n) is 5.79. The molecule has 0 radical (unpaired) electrons. The molecular formula is C13H18N4O. The highest BCUT2D eigenvalue weighted by atomic mass is 16.2. The molecule has 1 rings (SSSR count). The molecule has 0 aliphatic heterocycles. The first-order chi connectivity index (χ1) is 8.51. The summed E-state index contributed by atoms with van der Waals surface area (Å²) in [5.41, 5.74) is 2.13. The van der Waals surface area contributed by atoms with Crippen LogP contribution in [0.1, 0.15) is 29.4 Å². The Balaban J connectivity index is 3.00. The van der Waals surface area contributed by atoms with E-state index in [1.54, 1.807) is 25.2 Å². The van der Waals surface area contributed by atoms with E-state index in [9.17, 15) is 4.79 Å². The number of carbonyl (C=O) groups is 1. The lowest BCUT2D eigenvalue weighted by atomic mass is 10.1. The number of anilines is 1. The minimum Gasteiger partial charge on any atom is -0.387 e. The number of aromatic nitrogens is 1. The van der Waals surface area contributed by atoms with Gasteiger partial charge >= 0.3 is 0 Å². The lowest BCUT2D eigenvalue weighted by Crippen LogP contribution is -2.35. The van der Waals surface area contributed by atoms with Crippen molar-refractivity contribution in [3.8, 4) is 6.07 Å². The predicted molar refractivity (Wildman–Crippen MR) is 70.3 cm³/mol. The highest BCUT2D eigenvalue weighted by Crippen LogP contribution is 2.18. The van der Waals surface area contributed by atoms with Crippen LogP contribution < -0.4 is 5.32 Å². The summed E-state index contributed by atoms with van der Waals surface area (Å²) in [6.45, 7) is 3.72. The fraction of sp³-hybridized carbons (Fsp3) is 0.462. The van der Waals surface area contributed by atoms with Crippen LogP contribution in [0.3, 0.4) is 0 Å². The van der Waals surface area contributed by atoms with Crippen molar-refractivity contribution >= 4 is 11.6 Å². The number of rotatable bonds is 4.